The summed E-state index contributed by atoms with van der Waals surface area (Å²) in [5.74, 6) is 1.10. The Bertz CT molecular complexity index is 420. The van der Waals surface area contributed by atoms with Gasteiger partial charge in [-0.3, -0.25) is 0 Å². The van der Waals surface area contributed by atoms with Crippen LogP contribution in [0.3, 0.4) is 0 Å². The molecule has 1 unspecified atom stereocenters. The first-order valence-corrected chi connectivity index (χ1v) is 7.39. The second kappa shape index (κ2) is 5.88. The van der Waals surface area contributed by atoms with Crippen molar-refractivity contribution in [3.63, 3.8) is 0 Å². The molecule has 2 heterocycles. The summed E-state index contributed by atoms with van der Waals surface area (Å²) in [5, 5.41) is 3.56. The van der Waals surface area contributed by atoms with E-state index in [1.165, 1.54) is 18.4 Å². The second-order valence-corrected chi connectivity index (χ2v) is 5.51. The van der Waals surface area contributed by atoms with Crippen LogP contribution in [0.4, 0.5) is 5.82 Å². The number of anilines is 1. The maximum atomic E-state index is 5.56. The standard InChI is InChI=1S/C15H23N3O/c1-2-14-11-19-8-7-18(14)15-9-12(5-6-16-15)10-17-13-3-4-13/h5-6,9,13-14,17H,2-4,7-8,10-11H2,1H3. The van der Waals surface area contributed by atoms with Gasteiger partial charge in [-0.1, -0.05) is 6.92 Å². The summed E-state index contributed by atoms with van der Waals surface area (Å²) in [5.41, 5.74) is 1.33. The van der Waals surface area contributed by atoms with Gasteiger partial charge < -0.3 is 15.0 Å². The van der Waals surface area contributed by atoms with Crippen molar-refractivity contribution in [2.75, 3.05) is 24.7 Å². The van der Waals surface area contributed by atoms with E-state index in [2.05, 4.69) is 34.3 Å². The summed E-state index contributed by atoms with van der Waals surface area (Å²) in [6, 6.07) is 5.56. The molecule has 104 valence electrons. The zero-order valence-corrected chi connectivity index (χ0v) is 11.6. The molecule has 1 N–H and O–H groups in total. The topological polar surface area (TPSA) is 37.4 Å². The highest BCUT2D eigenvalue weighted by Gasteiger charge is 2.23. The average Bonchev–Trinajstić information content (AvgIpc) is 3.29. The zero-order chi connectivity index (χ0) is 13.1. The van der Waals surface area contributed by atoms with Gasteiger partial charge in [0, 0.05) is 25.3 Å². The molecule has 4 nitrogen and oxygen atoms in total. The summed E-state index contributed by atoms with van der Waals surface area (Å²) in [4.78, 5) is 6.94. The molecule has 1 aromatic rings. The maximum absolute atomic E-state index is 5.56. The van der Waals surface area contributed by atoms with Gasteiger partial charge in [-0.15, -0.1) is 0 Å². The Balaban J connectivity index is 1.69. The molecule has 4 heteroatoms. The highest BCUT2D eigenvalue weighted by Crippen LogP contribution is 2.22. The van der Waals surface area contributed by atoms with E-state index in [0.29, 0.717) is 6.04 Å². The smallest absolute Gasteiger partial charge is 0.129 e. The molecule has 19 heavy (non-hydrogen) atoms. The van der Waals surface area contributed by atoms with Gasteiger partial charge in [0.2, 0.25) is 0 Å². The summed E-state index contributed by atoms with van der Waals surface area (Å²) in [7, 11) is 0. The van der Waals surface area contributed by atoms with Crippen LogP contribution in [0.1, 0.15) is 31.7 Å². The molecule has 2 aliphatic rings. The van der Waals surface area contributed by atoms with Crippen molar-refractivity contribution < 1.29 is 4.74 Å². The molecule has 0 radical (unpaired) electrons. The number of hydrogen-bond donors (Lipinski definition) is 1. The molecular weight excluding hydrogens is 238 g/mol. The van der Waals surface area contributed by atoms with Crippen LogP contribution >= 0.6 is 0 Å². The fourth-order valence-corrected chi connectivity index (χ4v) is 2.57. The molecule has 1 atom stereocenters. The Hall–Kier alpha value is -1.13. The van der Waals surface area contributed by atoms with E-state index < -0.39 is 0 Å². The van der Waals surface area contributed by atoms with E-state index in [-0.39, 0.29) is 0 Å². The van der Waals surface area contributed by atoms with Crippen molar-refractivity contribution in [2.24, 2.45) is 0 Å². The number of ether oxygens (including phenoxy) is 1. The first kappa shape index (κ1) is 12.9. The molecule has 1 saturated heterocycles. The van der Waals surface area contributed by atoms with Crippen LogP contribution in [0.5, 0.6) is 0 Å². The van der Waals surface area contributed by atoms with E-state index in [0.717, 1.165) is 44.6 Å². The van der Waals surface area contributed by atoms with Crippen LogP contribution in [0.15, 0.2) is 18.3 Å². The third-order valence-electron chi connectivity index (χ3n) is 3.98. The van der Waals surface area contributed by atoms with Crippen LogP contribution in [0.2, 0.25) is 0 Å². The van der Waals surface area contributed by atoms with Crippen molar-refractivity contribution in [3.8, 4) is 0 Å². The maximum Gasteiger partial charge on any atom is 0.129 e. The minimum Gasteiger partial charge on any atom is -0.377 e. The fraction of sp³-hybridized carbons (Fsp3) is 0.667. The first-order chi connectivity index (χ1) is 9.36. The summed E-state index contributed by atoms with van der Waals surface area (Å²) < 4.78 is 5.56. The van der Waals surface area contributed by atoms with Gasteiger partial charge in [0.25, 0.3) is 0 Å². The molecule has 1 saturated carbocycles. The molecule has 1 aliphatic carbocycles. The van der Waals surface area contributed by atoms with Crippen molar-refractivity contribution in [1.82, 2.24) is 10.3 Å². The lowest BCUT2D eigenvalue weighted by Gasteiger charge is -2.36. The van der Waals surface area contributed by atoms with E-state index in [4.69, 9.17) is 4.74 Å². The van der Waals surface area contributed by atoms with Gasteiger partial charge in [-0.2, -0.15) is 0 Å². The van der Waals surface area contributed by atoms with Gasteiger partial charge in [-0.25, -0.2) is 4.98 Å². The van der Waals surface area contributed by atoms with Crippen molar-refractivity contribution in [2.45, 2.75) is 44.8 Å². The molecule has 0 amide bonds. The van der Waals surface area contributed by atoms with Gasteiger partial charge in [0.1, 0.15) is 5.82 Å². The SMILES string of the molecule is CCC1COCCN1c1cc(CNC2CC2)ccn1. The third kappa shape index (κ3) is 3.25. The summed E-state index contributed by atoms with van der Waals surface area (Å²) >= 11 is 0. The predicted octanol–water partition coefficient (Wildman–Crippen LogP) is 1.95. The van der Waals surface area contributed by atoms with Crippen LogP contribution in [0.25, 0.3) is 0 Å². The van der Waals surface area contributed by atoms with E-state index in [1.807, 2.05) is 6.20 Å². The Labute approximate surface area is 115 Å². The average molecular weight is 261 g/mol. The van der Waals surface area contributed by atoms with E-state index >= 15 is 0 Å². The number of hydrogen-bond acceptors (Lipinski definition) is 4. The molecule has 0 spiro atoms. The van der Waals surface area contributed by atoms with Crippen molar-refractivity contribution in [1.29, 1.82) is 0 Å². The summed E-state index contributed by atoms with van der Waals surface area (Å²) in [6.45, 7) is 5.75. The lowest BCUT2D eigenvalue weighted by Crippen LogP contribution is -2.45. The molecule has 1 aromatic heterocycles. The lowest BCUT2D eigenvalue weighted by molar-refractivity contribution is 0.0925. The van der Waals surface area contributed by atoms with Crippen LogP contribution in [-0.4, -0.2) is 36.8 Å². The number of rotatable bonds is 5. The Kier molecular flexibility index (Phi) is 3.99. The van der Waals surface area contributed by atoms with Gasteiger partial charge >= 0.3 is 0 Å². The minimum atomic E-state index is 0.466. The second-order valence-electron chi connectivity index (χ2n) is 5.51. The van der Waals surface area contributed by atoms with Gasteiger partial charge in [0.05, 0.1) is 19.3 Å². The predicted molar refractivity (Wildman–Crippen MR) is 76.3 cm³/mol. The fourth-order valence-electron chi connectivity index (χ4n) is 2.57. The molecule has 1 aliphatic heterocycles. The van der Waals surface area contributed by atoms with E-state index in [1.54, 1.807) is 0 Å². The van der Waals surface area contributed by atoms with Gasteiger partial charge in [0.15, 0.2) is 0 Å². The normalized spacial score (nSPS) is 23.6. The zero-order valence-electron chi connectivity index (χ0n) is 11.6. The Morgan fingerprint density at radius 1 is 1.47 bits per heavy atom. The number of nitrogens with one attached hydrogen (secondary N) is 1. The number of morpholine rings is 1. The van der Waals surface area contributed by atoms with Crippen molar-refractivity contribution >= 4 is 5.82 Å². The highest BCUT2D eigenvalue weighted by molar-refractivity contribution is 5.42. The molecule has 0 aromatic carbocycles. The largest absolute Gasteiger partial charge is 0.377 e. The first-order valence-electron chi connectivity index (χ1n) is 7.39. The summed E-state index contributed by atoms with van der Waals surface area (Å²) in [6.07, 6.45) is 5.70. The number of aromatic nitrogens is 1. The number of nitrogens with zero attached hydrogens (tertiary/aromatic N) is 2. The van der Waals surface area contributed by atoms with Gasteiger partial charge in [-0.05, 0) is 37.0 Å². The lowest BCUT2D eigenvalue weighted by atomic mass is 10.1. The molecular formula is C15H23N3O. The third-order valence-corrected chi connectivity index (χ3v) is 3.98. The van der Waals surface area contributed by atoms with Crippen LogP contribution in [0, 0.1) is 0 Å². The van der Waals surface area contributed by atoms with E-state index in [9.17, 15) is 0 Å². The molecule has 2 fully saturated rings. The van der Waals surface area contributed by atoms with Crippen LogP contribution < -0.4 is 10.2 Å². The minimum absolute atomic E-state index is 0.466. The monoisotopic (exact) mass is 261 g/mol. The molecule has 3 rings (SSSR count). The van der Waals surface area contributed by atoms with Crippen molar-refractivity contribution in [3.05, 3.63) is 23.9 Å². The Morgan fingerprint density at radius 3 is 3.16 bits per heavy atom. The quantitative estimate of drug-likeness (QED) is 0.879. The molecule has 0 bridgehead atoms. The number of pyridine rings is 1. The highest BCUT2D eigenvalue weighted by atomic mass is 16.5. The van der Waals surface area contributed by atoms with Crippen LogP contribution in [-0.2, 0) is 11.3 Å². The Morgan fingerprint density at radius 2 is 2.37 bits per heavy atom.